The van der Waals surface area contributed by atoms with Crippen LogP contribution in [-0.4, -0.2) is 3.71 Å². The van der Waals surface area contributed by atoms with Crippen LogP contribution >= 0.6 is 11.3 Å². The Balaban J connectivity index is 0.000000179. The summed E-state index contributed by atoms with van der Waals surface area (Å²) in [6.07, 6.45) is 10.7. The molecule has 0 amide bonds. The molecule has 4 heteroatoms. The molecule has 0 bridgehead atoms. The minimum absolute atomic E-state index is 0. The van der Waals surface area contributed by atoms with Gasteiger partial charge in [-0.3, -0.25) is 0 Å². The van der Waals surface area contributed by atoms with E-state index in [9.17, 15) is 0 Å². The van der Waals surface area contributed by atoms with Crippen LogP contribution in [0.1, 0.15) is 28.7 Å². The van der Waals surface area contributed by atoms with Gasteiger partial charge in [0.05, 0.1) is 0 Å². The Kier molecular flexibility index (Phi) is 12.7. The van der Waals surface area contributed by atoms with Gasteiger partial charge >= 0.3 is 70.3 Å². The van der Waals surface area contributed by atoms with E-state index < -0.39 is 0 Å². The number of fused-ring (bicyclic) bond motifs is 3. The second kappa shape index (κ2) is 15.2. The molecule has 0 aliphatic heterocycles. The number of thiophene rings is 1. The van der Waals surface area contributed by atoms with Crippen molar-refractivity contribution >= 4 is 20.6 Å². The summed E-state index contributed by atoms with van der Waals surface area (Å²) in [6.45, 7) is 0. The molecule has 1 heterocycles. The molecule has 6 rings (SSSR count). The molecule has 2 aliphatic rings. The molecule has 34 heavy (non-hydrogen) atoms. The van der Waals surface area contributed by atoms with E-state index in [1.807, 2.05) is 12.1 Å². The molecule has 0 atom stereocenters. The average Bonchev–Trinajstić information content (AvgIpc) is 3.61. The summed E-state index contributed by atoms with van der Waals surface area (Å²) in [5.74, 6) is 0. The Hall–Kier alpha value is -1.83. The Morgan fingerprint density at radius 1 is 0.882 bits per heavy atom. The Morgan fingerprint density at radius 2 is 1.65 bits per heavy atom. The second-order valence-corrected chi connectivity index (χ2v) is 9.28. The van der Waals surface area contributed by atoms with Crippen molar-refractivity contribution in [1.82, 2.24) is 0 Å². The third-order valence-electron chi connectivity index (χ3n) is 5.32. The molecule has 0 saturated carbocycles. The van der Waals surface area contributed by atoms with E-state index in [0.29, 0.717) is 0 Å². The van der Waals surface area contributed by atoms with Crippen molar-refractivity contribution in [2.45, 2.75) is 19.3 Å². The standard InChI is InChI=1S/C13H9.C9H7S.C8H8.2ClH.Zr/c1-3-7-12-10(5-1)9-11-6-2-4-8-13(11)12;1-2-4-8(3-1)9-5-6-10-7-9;1-2-8-6-4-3-5-7-8;;;/h1-5,7-8H,9H2;1,3,5-7H,2H2;1,3-7H,2H2;2*1H;/q2*-1;;;;+2/p-2. The fourth-order valence-corrected chi connectivity index (χ4v) is 4.99. The van der Waals surface area contributed by atoms with Crippen molar-refractivity contribution in [2.75, 3.05) is 0 Å². The van der Waals surface area contributed by atoms with Gasteiger partial charge < -0.3 is 24.8 Å². The van der Waals surface area contributed by atoms with Gasteiger partial charge in [0.15, 0.2) is 0 Å². The van der Waals surface area contributed by atoms with Crippen LogP contribution in [0.15, 0.2) is 102 Å². The number of rotatable bonds is 3. The molecule has 3 aromatic carbocycles. The van der Waals surface area contributed by atoms with E-state index in [0.717, 1.165) is 19.3 Å². The molecule has 0 nitrogen and oxygen atoms in total. The van der Waals surface area contributed by atoms with Crippen LogP contribution in [0.3, 0.4) is 0 Å². The van der Waals surface area contributed by atoms with Crippen LogP contribution in [0.5, 0.6) is 0 Å². The van der Waals surface area contributed by atoms with Crippen LogP contribution in [0.2, 0.25) is 0 Å². The van der Waals surface area contributed by atoms with Gasteiger partial charge in [-0.15, -0.1) is 17.2 Å². The van der Waals surface area contributed by atoms with E-state index in [4.69, 9.17) is 0 Å². The van der Waals surface area contributed by atoms with Crippen LogP contribution in [0.4, 0.5) is 0 Å². The molecule has 0 saturated heterocycles. The fraction of sp³-hybridized carbons (Fsp3) is 0.100. The zero-order valence-electron chi connectivity index (χ0n) is 18.7. The first-order valence-corrected chi connectivity index (χ1v) is 13.1. The van der Waals surface area contributed by atoms with Crippen LogP contribution in [0.25, 0.3) is 16.7 Å². The first-order valence-electron chi connectivity index (χ1n) is 10.8. The number of allylic oxidation sites excluding steroid dienone is 4. The van der Waals surface area contributed by atoms with Crippen molar-refractivity contribution in [2.24, 2.45) is 0 Å². The number of halogens is 2. The van der Waals surface area contributed by atoms with Gasteiger partial charge in [0.2, 0.25) is 0 Å². The van der Waals surface area contributed by atoms with E-state index in [1.54, 1.807) is 11.3 Å². The van der Waals surface area contributed by atoms with Gasteiger partial charge in [0.1, 0.15) is 0 Å². The summed E-state index contributed by atoms with van der Waals surface area (Å²) in [5, 5.41) is 4.24. The predicted molar refractivity (Wildman–Crippen MR) is 134 cm³/mol. The van der Waals surface area contributed by atoms with Crippen molar-refractivity contribution in [3.8, 4) is 11.1 Å². The molecular formula is C30H24Cl2SZr-2. The summed E-state index contributed by atoms with van der Waals surface area (Å²) in [5.41, 5.74) is 9.48. The van der Waals surface area contributed by atoms with Crippen molar-refractivity contribution in [3.63, 3.8) is 0 Å². The van der Waals surface area contributed by atoms with Crippen molar-refractivity contribution in [1.29, 1.82) is 0 Å². The van der Waals surface area contributed by atoms with Gasteiger partial charge in [0, 0.05) is 0 Å². The maximum atomic E-state index is 3.30. The monoisotopic (exact) mass is 576 g/mol. The molecule has 1 aromatic heterocycles. The Morgan fingerprint density at radius 3 is 2.35 bits per heavy atom. The van der Waals surface area contributed by atoms with E-state index in [1.165, 1.54) is 63.2 Å². The normalized spacial score (nSPS) is 11.8. The molecule has 0 spiro atoms. The van der Waals surface area contributed by atoms with Crippen LogP contribution in [-0.2, 0) is 37.1 Å². The SMILES string of the molecule is [C-]1=C(c2ccsc2)C=CC1.[Cl-].[Cl-].[Zr+2]=[CH]Cc1ccccc1.[c-]1cccc2c1Cc1ccccc1-2. The summed E-state index contributed by atoms with van der Waals surface area (Å²) in [6, 6.07) is 30.7. The molecule has 4 aromatic rings. The minimum Gasteiger partial charge on any atom is -0.179 e. The molecule has 0 fully saturated rings. The third kappa shape index (κ3) is 7.86. The Labute approximate surface area is 234 Å². The van der Waals surface area contributed by atoms with Crippen LogP contribution < -0.4 is 24.8 Å². The number of hydrogen-bond donors (Lipinski definition) is 0. The first-order chi connectivity index (χ1) is 15.8. The topological polar surface area (TPSA) is 0 Å². The van der Waals surface area contributed by atoms with Crippen LogP contribution in [0, 0.1) is 12.1 Å². The number of benzene rings is 3. The minimum atomic E-state index is 0. The maximum absolute atomic E-state index is 3.30. The van der Waals surface area contributed by atoms with Gasteiger partial charge in [-0.05, 0) is 11.8 Å². The van der Waals surface area contributed by atoms with Gasteiger partial charge in [-0.25, -0.2) is 0 Å². The summed E-state index contributed by atoms with van der Waals surface area (Å²) < 4.78 is 2.25. The zero-order chi connectivity index (χ0) is 22.0. The molecule has 2 aliphatic carbocycles. The van der Waals surface area contributed by atoms with E-state index >= 15 is 0 Å². The van der Waals surface area contributed by atoms with Crippen molar-refractivity contribution < 1.29 is 49.0 Å². The fourth-order valence-electron chi connectivity index (χ4n) is 3.75. The average molecular weight is 579 g/mol. The summed E-state index contributed by atoms with van der Waals surface area (Å²) in [7, 11) is 0. The Bertz CT molecular complexity index is 1170. The third-order valence-corrected chi connectivity index (χ3v) is 6.51. The summed E-state index contributed by atoms with van der Waals surface area (Å²) >= 11 is 3.24. The quantitative estimate of drug-likeness (QED) is 0.285. The largest absolute Gasteiger partial charge is 0.179 e. The maximum Gasteiger partial charge on any atom is -0.0253 e. The van der Waals surface area contributed by atoms with E-state index in [-0.39, 0.29) is 24.8 Å². The zero-order valence-corrected chi connectivity index (χ0v) is 23.5. The second-order valence-electron chi connectivity index (χ2n) is 7.50. The molecule has 0 N–H and O–H groups in total. The molecule has 170 valence electrons. The molecule has 0 unspecified atom stereocenters. The van der Waals surface area contributed by atoms with Gasteiger partial charge in [-0.2, -0.15) is 58.9 Å². The number of hydrogen-bond acceptors (Lipinski definition) is 1. The van der Waals surface area contributed by atoms with E-state index in [2.05, 4.69) is 105 Å². The summed E-state index contributed by atoms with van der Waals surface area (Å²) in [4.78, 5) is 0. The predicted octanol–water partition coefficient (Wildman–Crippen LogP) is 1.54. The molecular weight excluding hydrogens is 555 g/mol. The van der Waals surface area contributed by atoms with Gasteiger partial charge in [-0.1, -0.05) is 53.3 Å². The smallest absolute Gasteiger partial charge is 0.0253 e. The van der Waals surface area contributed by atoms with Gasteiger partial charge in [0.25, 0.3) is 0 Å². The van der Waals surface area contributed by atoms with Crippen molar-refractivity contribution in [3.05, 3.63) is 136 Å². The first kappa shape index (κ1) is 28.4. The molecule has 0 radical (unpaired) electrons.